The number of nitrogens with two attached hydrogens (primary N) is 1. The summed E-state index contributed by atoms with van der Waals surface area (Å²) in [4.78, 5) is 24.9. The Labute approximate surface area is 140 Å². The molecular weight excluding hydrogens is 337 g/mol. The van der Waals surface area contributed by atoms with Gasteiger partial charge in [-0.15, -0.1) is 12.4 Å². The Hall–Kier alpha value is -1.01. The van der Waals surface area contributed by atoms with Crippen molar-refractivity contribution in [3.63, 3.8) is 0 Å². The Bertz CT molecular complexity index is 498. The molecule has 0 aromatic heterocycles. The van der Waals surface area contributed by atoms with Gasteiger partial charge in [-0.25, -0.2) is 0 Å². The van der Waals surface area contributed by atoms with Crippen LogP contribution in [0.15, 0.2) is 18.2 Å². The number of carbonyl (C=O) groups is 2. The molecule has 0 saturated carbocycles. The van der Waals surface area contributed by atoms with Crippen LogP contribution < -0.4 is 11.1 Å². The van der Waals surface area contributed by atoms with Crippen LogP contribution in [0.25, 0.3) is 0 Å². The molecule has 0 aliphatic carbocycles. The maximum absolute atomic E-state index is 11.9. The second kappa shape index (κ2) is 9.84. The number of nitrogens with zero attached hydrogens (tertiary/aromatic N) is 1. The van der Waals surface area contributed by atoms with E-state index in [-0.39, 0.29) is 37.3 Å². The van der Waals surface area contributed by atoms with E-state index in [1.54, 1.807) is 18.2 Å². The van der Waals surface area contributed by atoms with Crippen molar-refractivity contribution < 1.29 is 9.59 Å². The monoisotopic (exact) mass is 353 g/mol. The lowest BCUT2D eigenvalue weighted by molar-refractivity contribution is -0.133. The van der Waals surface area contributed by atoms with Crippen molar-refractivity contribution in [2.24, 2.45) is 5.73 Å². The standard InChI is InChI=1S/C13H17Cl2N3O2.ClH/c1-2-5-18(13(20)7-16)8-12(19)17-11-6-9(14)3-4-10(11)15;/h3-4,6H,2,5,7-8,16H2,1H3,(H,17,19);1H. The quantitative estimate of drug-likeness (QED) is 0.824. The lowest BCUT2D eigenvalue weighted by Gasteiger charge is -2.21. The molecule has 5 nitrogen and oxygen atoms in total. The molecule has 1 aromatic carbocycles. The number of carbonyl (C=O) groups excluding carboxylic acids is 2. The molecule has 8 heteroatoms. The molecule has 2 amide bonds. The molecule has 0 bridgehead atoms. The Morgan fingerprint density at radius 2 is 2.00 bits per heavy atom. The number of benzene rings is 1. The maximum atomic E-state index is 11.9. The van der Waals surface area contributed by atoms with E-state index in [2.05, 4.69) is 5.32 Å². The first-order valence-corrected chi connectivity index (χ1v) is 6.96. The number of hydrogen-bond donors (Lipinski definition) is 2. The largest absolute Gasteiger partial charge is 0.332 e. The van der Waals surface area contributed by atoms with Gasteiger partial charge in [0, 0.05) is 11.6 Å². The van der Waals surface area contributed by atoms with Gasteiger partial charge in [0.25, 0.3) is 0 Å². The van der Waals surface area contributed by atoms with Crippen LogP contribution in [0.2, 0.25) is 10.0 Å². The van der Waals surface area contributed by atoms with Gasteiger partial charge < -0.3 is 16.0 Å². The van der Waals surface area contributed by atoms with E-state index in [1.807, 2.05) is 6.92 Å². The van der Waals surface area contributed by atoms with Gasteiger partial charge in [-0.1, -0.05) is 30.1 Å². The van der Waals surface area contributed by atoms with Gasteiger partial charge in [0.15, 0.2) is 0 Å². The number of hydrogen-bond acceptors (Lipinski definition) is 3. The zero-order chi connectivity index (χ0) is 15.1. The van der Waals surface area contributed by atoms with Crippen LogP contribution in [-0.2, 0) is 9.59 Å². The van der Waals surface area contributed by atoms with Gasteiger partial charge in [0.2, 0.25) is 11.8 Å². The smallest absolute Gasteiger partial charge is 0.244 e. The molecule has 0 aliphatic heterocycles. The number of nitrogens with one attached hydrogen (secondary N) is 1. The number of amides is 2. The van der Waals surface area contributed by atoms with E-state index in [0.717, 1.165) is 6.42 Å². The first-order chi connectivity index (χ1) is 9.47. The van der Waals surface area contributed by atoms with E-state index < -0.39 is 0 Å². The van der Waals surface area contributed by atoms with Crippen molar-refractivity contribution in [1.29, 1.82) is 0 Å². The van der Waals surface area contributed by atoms with Crippen LogP contribution in [0.4, 0.5) is 5.69 Å². The van der Waals surface area contributed by atoms with Crippen molar-refractivity contribution in [3.05, 3.63) is 28.2 Å². The lowest BCUT2D eigenvalue weighted by Crippen LogP contribution is -2.41. The Kier molecular flexibility index (Phi) is 9.37. The van der Waals surface area contributed by atoms with Crippen LogP contribution in [0.5, 0.6) is 0 Å². The molecule has 0 aliphatic rings. The van der Waals surface area contributed by atoms with Crippen molar-refractivity contribution >= 4 is 53.1 Å². The van der Waals surface area contributed by atoms with Crippen LogP contribution in [0, 0.1) is 0 Å². The zero-order valence-corrected chi connectivity index (χ0v) is 13.9. The summed E-state index contributed by atoms with van der Waals surface area (Å²) in [5, 5.41) is 3.48. The Balaban J connectivity index is 0.00000400. The third-order valence-electron chi connectivity index (χ3n) is 2.56. The van der Waals surface area contributed by atoms with E-state index in [1.165, 1.54) is 4.90 Å². The van der Waals surface area contributed by atoms with Crippen molar-refractivity contribution in [1.82, 2.24) is 4.90 Å². The van der Waals surface area contributed by atoms with Crippen molar-refractivity contribution in [2.45, 2.75) is 13.3 Å². The van der Waals surface area contributed by atoms with Gasteiger partial charge in [0.05, 0.1) is 23.8 Å². The SMILES string of the molecule is CCCN(CC(=O)Nc1cc(Cl)ccc1Cl)C(=O)CN.Cl. The fraction of sp³-hybridized carbons (Fsp3) is 0.385. The summed E-state index contributed by atoms with van der Waals surface area (Å²) < 4.78 is 0. The summed E-state index contributed by atoms with van der Waals surface area (Å²) in [5.74, 6) is -0.608. The molecule has 0 saturated heterocycles. The maximum Gasteiger partial charge on any atom is 0.244 e. The molecule has 0 radical (unpaired) electrons. The van der Waals surface area contributed by atoms with Gasteiger partial charge in [-0.05, 0) is 24.6 Å². The van der Waals surface area contributed by atoms with E-state index in [4.69, 9.17) is 28.9 Å². The average Bonchev–Trinajstić information content (AvgIpc) is 2.41. The predicted octanol–water partition coefficient (Wildman–Crippen LogP) is 2.55. The van der Waals surface area contributed by atoms with Crippen LogP contribution in [0.3, 0.4) is 0 Å². The fourth-order valence-electron chi connectivity index (χ4n) is 1.65. The van der Waals surface area contributed by atoms with E-state index >= 15 is 0 Å². The minimum absolute atomic E-state index is 0. The van der Waals surface area contributed by atoms with Crippen molar-refractivity contribution in [2.75, 3.05) is 25.0 Å². The Morgan fingerprint density at radius 3 is 2.57 bits per heavy atom. The minimum Gasteiger partial charge on any atom is -0.332 e. The summed E-state index contributed by atoms with van der Waals surface area (Å²) in [5.41, 5.74) is 5.73. The molecule has 0 atom stereocenters. The third-order valence-corrected chi connectivity index (χ3v) is 3.12. The molecule has 21 heavy (non-hydrogen) atoms. The van der Waals surface area contributed by atoms with Crippen LogP contribution in [0.1, 0.15) is 13.3 Å². The molecule has 0 heterocycles. The molecule has 118 valence electrons. The fourth-order valence-corrected chi connectivity index (χ4v) is 1.98. The van der Waals surface area contributed by atoms with Crippen LogP contribution >= 0.6 is 35.6 Å². The number of anilines is 1. The zero-order valence-electron chi connectivity index (χ0n) is 11.6. The highest BCUT2D eigenvalue weighted by molar-refractivity contribution is 6.35. The summed E-state index contributed by atoms with van der Waals surface area (Å²) >= 11 is 11.8. The average molecular weight is 355 g/mol. The second-order valence-electron chi connectivity index (χ2n) is 4.19. The van der Waals surface area contributed by atoms with Gasteiger partial charge >= 0.3 is 0 Å². The predicted molar refractivity (Wildman–Crippen MR) is 88.3 cm³/mol. The molecule has 0 unspecified atom stereocenters. The highest BCUT2D eigenvalue weighted by atomic mass is 35.5. The molecule has 1 rings (SSSR count). The minimum atomic E-state index is -0.343. The number of halogens is 3. The molecule has 0 spiro atoms. The van der Waals surface area contributed by atoms with Gasteiger partial charge in [-0.2, -0.15) is 0 Å². The summed E-state index contributed by atoms with van der Waals surface area (Å²) in [6, 6.07) is 4.77. The van der Waals surface area contributed by atoms with Crippen LogP contribution in [-0.4, -0.2) is 36.3 Å². The first-order valence-electron chi connectivity index (χ1n) is 6.20. The second-order valence-corrected chi connectivity index (χ2v) is 5.04. The highest BCUT2D eigenvalue weighted by Crippen LogP contribution is 2.25. The normalized spacial score (nSPS) is 9.71. The molecule has 1 aromatic rings. The summed E-state index contributed by atoms with van der Waals surface area (Å²) in [6.45, 7) is 2.22. The summed E-state index contributed by atoms with van der Waals surface area (Å²) in [6.07, 6.45) is 0.747. The van der Waals surface area contributed by atoms with Gasteiger partial charge in [-0.3, -0.25) is 9.59 Å². The number of rotatable bonds is 6. The lowest BCUT2D eigenvalue weighted by atomic mass is 10.3. The third kappa shape index (κ3) is 6.52. The highest BCUT2D eigenvalue weighted by Gasteiger charge is 2.15. The molecule has 3 N–H and O–H groups in total. The van der Waals surface area contributed by atoms with Crippen molar-refractivity contribution in [3.8, 4) is 0 Å². The summed E-state index contributed by atoms with van der Waals surface area (Å²) in [7, 11) is 0. The first kappa shape index (κ1) is 20.0. The topological polar surface area (TPSA) is 75.4 Å². The molecule has 0 fully saturated rings. The molecular formula is C13H18Cl3N3O2. The van der Waals surface area contributed by atoms with E-state index in [9.17, 15) is 9.59 Å². The van der Waals surface area contributed by atoms with Gasteiger partial charge in [0.1, 0.15) is 0 Å². The van der Waals surface area contributed by atoms with E-state index in [0.29, 0.717) is 22.3 Å². The Morgan fingerprint density at radius 1 is 1.33 bits per heavy atom.